The maximum absolute atomic E-state index is 11.8. The molecule has 0 bridgehead atoms. The zero-order chi connectivity index (χ0) is 18.5. The SMILES string of the molecule is CCCCCCCCCCCCCC(=O)OCC(C)(C)[N+](C)(C)C. The lowest BCUT2D eigenvalue weighted by Gasteiger charge is -2.40. The highest BCUT2D eigenvalue weighted by Gasteiger charge is 2.34. The minimum atomic E-state index is -0.0488. The van der Waals surface area contributed by atoms with Gasteiger partial charge >= 0.3 is 5.97 Å². The standard InChI is InChI=1S/C21H44NO2/c1-7-8-9-10-11-12-13-14-15-16-17-18-20(23)24-19-21(2,3)22(4,5)6/h7-19H2,1-6H3/q+1. The van der Waals surface area contributed by atoms with Crippen molar-refractivity contribution in [2.24, 2.45) is 0 Å². The van der Waals surface area contributed by atoms with E-state index in [9.17, 15) is 4.79 Å². The van der Waals surface area contributed by atoms with Crippen molar-refractivity contribution in [2.75, 3.05) is 27.7 Å². The first-order valence-corrected chi connectivity index (χ1v) is 10.2. The van der Waals surface area contributed by atoms with Crippen molar-refractivity contribution >= 4 is 5.97 Å². The Morgan fingerprint density at radius 2 is 1.21 bits per heavy atom. The highest BCUT2D eigenvalue weighted by atomic mass is 16.5. The highest BCUT2D eigenvalue weighted by molar-refractivity contribution is 5.69. The fourth-order valence-electron chi connectivity index (χ4n) is 2.46. The molecule has 3 nitrogen and oxygen atoms in total. The van der Waals surface area contributed by atoms with Crippen LogP contribution in [0.15, 0.2) is 0 Å². The molecule has 0 aromatic rings. The van der Waals surface area contributed by atoms with Crippen molar-refractivity contribution in [3.63, 3.8) is 0 Å². The summed E-state index contributed by atoms with van der Waals surface area (Å²) in [4.78, 5) is 11.8. The number of unbranched alkanes of at least 4 members (excludes halogenated alkanes) is 10. The molecule has 0 spiro atoms. The predicted molar refractivity (Wildman–Crippen MR) is 104 cm³/mol. The molecule has 0 rings (SSSR count). The van der Waals surface area contributed by atoms with E-state index >= 15 is 0 Å². The fraction of sp³-hybridized carbons (Fsp3) is 0.952. The number of ether oxygens (including phenoxy) is 1. The van der Waals surface area contributed by atoms with Crippen molar-refractivity contribution in [3.8, 4) is 0 Å². The normalized spacial score (nSPS) is 12.4. The van der Waals surface area contributed by atoms with Crippen LogP contribution in [0, 0.1) is 0 Å². The van der Waals surface area contributed by atoms with Crippen LogP contribution >= 0.6 is 0 Å². The van der Waals surface area contributed by atoms with Crippen molar-refractivity contribution < 1.29 is 14.0 Å². The Labute approximate surface area is 151 Å². The lowest BCUT2D eigenvalue weighted by Crippen LogP contribution is -2.56. The summed E-state index contributed by atoms with van der Waals surface area (Å²) in [7, 11) is 6.41. The van der Waals surface area contributed by atoms with Crippen molar-refractivity contribution in [3.05, 3.63) is 0 Å². The number of carbonyl (C=O) groups excluding carboxylic acids is 1. The average molecular weight is 343 g/mol. The van der Waals surface area contributed by atoms with E-state index in [0.29, 0.717) is 13.0 Å². The van der Waals surface area contributed by atoms with Gasteiger partial charge in [0.2, 0.25) is 0 Å². The topological polar surface area (TPSA) is 26.3 Å². The van der Waals surface area contributed by atoms with Gasteiger partial charge in [0, 0.05) is 6.42 Å². The molecule has 0 aromatic carbocycles. The van der Waals surface area contributed by atoms with E-state index in [2.05, 4.69) is 41.9 Å². The van der Waals surface area contributed by atoms with Gasteiger partial charge in [-0.05, 0) is 20.3 Å². The van der Waals surface area contributed by atoms with Crippen LogP contribution in [0.5, 0.6) is 0 Å². The molecular formula is C21H44NO2+. The molecule has 0 saturated heterocycles. The lowest BCUT2D eigenvalue weighted by molar-refractivity contribution is -0.919. The van der Waals surface area contributed by atoms with E-state index in [1.54, 1.807) is 0 Å². The van der Waals surface area contributed by atoms with E-state index in [4.69, 9.17) is 4.74 Å². The van der Waals surface area contributed by atoms with Crippen LogP contribution in [0.2, 0.25) is 0 Å². The van der Waals surface area contributed by atoms with Crippen molar-refractivity contribution in [1.82, 2.24) is 0 Å². The first-order chi connectivity index (χ1) is 11.2. The monoisotopic (exact) mass is 342 g/mol. The van der Waals surface area contributed by atoms with Gasteiger partial charge in [0.15, 0.2) is 0 Å². The smallest absolute Gasteiger partial charge is 0.306 e. The first-order valence-electron chi connectivity index (χ1n) is 10.2. The minimum Gasteiger partial charge on any atom is -0.459 e. The second-order valence-electron chi connectivity index (χ2n) is 8.77. The number of likely N-dealkylation sites (N-methyl/N-ethyl adjacent to an activating group) is 1. The van der Waals surface area contributed by atoms with Gasteiger partial charge in [0.05, 0.1) is 21.1 Å². The predicted octanol–water partition coefficient (Wildman–Crippen LogP) is 5.72. The van der Waals surface area contributed by atoms with Crippen LogP contribution in [0.4, 0.5) is 0 Å². The number of hydrogen-bond donors (Lipinski definition) is 0. The summed E-state index contributed by atoms with van der Waals surface area (Å²) in [5.41, 5.74) is -0.0488. The van der Waals surface area contributed by atoms with Crippen LogP contribution in [0.25, 0.3) is 0 Å². The lowest BCUT2D eigenvalue weighted by atomic mass is 10.0. The van der Waals surface area contributed by atoms with Gasteiger partial charge in [-0.3, -0.25) is 4.79 Å². The van der Waals surface area contributed by atoms with E-state index in [1.807, 2.05) is 0 Å². The maximum Gasteiger partial charge on any atom is 0.306 e. The summed E-state index contributed by atoms with van der Waals surface area (Å²) >= 11 is 0. The summed E-state index contributed by atoms with van der Waals surface area (Å²) in [5, 5.41) is 0. The molecule has 0 aliphatic rings. The molecule has 0 amide bonds. The van der Waals surface area contributed by atoms with Crippen LogP contribution in [0.3, 0.4) is 0 Å². The summed E-state index contributed by atoms with van der Waals surface area (Å²) in [6, 6.07) is 0. The molecule has 0 aliphatic carbocycles. The molecule has 144 valence electrons. The molecule has 0 saturated carbocycles. The minimum absolute atomic E-state index is 0.0348. The van der Waals surface area contributed by atoms with E-state index in [-0.39, 0.29) is 11.5 Å². The van der Waals surface area contributed by atoms with Crippen LogP contribution < -0.4 is 0 Å². The molecule has 0 unspecified atom stereocenters. The largest absolute Gasteiger partial charge is 0.459 e. The second kappa shape index (κ2) is 12.7. The molecule has 0 aromatic heterocycles. The summed E-state index contributed by atoms with van der Waals surface area (Å²) in [6.45, 7) is 7.04. The second-order valence-corrected chi connectivity index (χ2v) is 8.77. The number of nitrogens with zero attached hydrogens (tertiary/aromatic N) is 1. The summed E-state index contributed by atoms with van der Waals surface area (Å²) in [5.74, 6) is -0.0348. The number of rotatable bonds is 15. The summed E-state index contributed by atoms with van der Waals surface area (Å²) < 4.78 is 6.26. The Bertz CT molecular complexity index is 318. The Balaban J connectivity index is 3.47. The molecule has 0 N–H and O–H groups in total. The molecule has 24 heavy (non-hydrogen) atoms. The number of quaternary nitrogens is 1. The zero-order valence-electron chi connectivity index (χ0n) is 17.5. The number of esters is 1. The van der Waals surface area contributed by atoms with Gasteiger partial charge in [0.1, 0.15) is 12.1 Å². The third-order valence-corrected chi connectivity index (χ3v) is 5.39. The van der Waals surface area contributed by atoms with Gasteiger partial charge in [0.25, 0.3) is 0 Å². The molecule has 0 atom stereocenters. The van der Waals surface area contributed by atoms with Gasteiger partial charge in [-0.25, -0.2) is 0 Å². The van der Waals surface area contributed by atoms with E-state index in [1.165, 1.54) is 57.8 Å². The van der Waals surface area contributed by atoms with Gasteiger partial charge in [-0.15, -0.1) is 0 Å². The number of hydrogen-bond acceptors (Lipinski definition) is 2. The summed E-state index contributed by atoms with van der Waals surface area (Å²) in [6.07, 6.45) is 14.9. The molecule has 0 radical (unpaired) electrons. The third kappa shape index (κ3) is 11.9. The third-order valence-electron chi connectivity index (χ3n) is 5.39. The van der Waals surface area contributed by atoms with Crippen LogP contribution in [-0.2, 0) is 9.53 Å². The van der Waals surface area contributed by atoms with Crippen LogP contribution in [0.1, 0.15) is 97.8 Å². The molecule has 3 heteroatoms. The van der Waals surface area contributed by atoms with Crippen molar-refractivity contribution in [1.29, 1.82) is 0 Å². The highest BCUT2D eigenvalue weighted by Crippen LogP contribution is 2.18. The molecule has 0 heterocycles. The van der Waals surface area contributed by atoms with E-state index < -0.39 is 0 Å². The Hall–Kier alpha value is -0.570. The van der Waals surface area contributed by atoms with Gasteiger partial charge in [-0.1, -0.05) is 71.1 Å². The number of carbonyl (C=O) groups is 1. The van der Waals surface area contributed by atoms with Gasteiger partial charge < -0.3 is 9.22 Å². The van der Waals surface area contributed by atoms with Crippen LogP contribution in [-0.4, -0.2) is 43.7 Å². The van der Waals surface area contributed by atoms with Gasteiger partial charge in [-0.2, -0.15) is 0 Å². The zero-order valence-corrected chi connectivity index (χ0v) is 17.5. The molecule has 0 aliphatic heterocycles. The maximum atomic E-state index is 11.8. The Morgan fingerprint density at radius 1 is 0.792 bits per heavy atom. The quantitative estimate of drug-likeness (QED) is 0.216. The average Bonchev–Trinajstić information content (AvgIpc) is 2.49. The Morgan fingerprint density at radius 3 is 1.62 bits per heavy atom. The van der Waals surface area contributed by atoms with E-state index in [0.717, 1.165) is 17.3 Å². The fourth-order valence-corrected chi connectivity index (χ4v) is 2.46. The molecular weight excluding hydrogens is 298 g/mol. The van der Waals surface area contributed by atoms with Crippen molar-refractivity contribution in [2.45, 2.75) is 103 Å². The molecule has 0 fully saturated rings. The first kappa shape index (κ1) is 23.4. The Kier molecular flexibility index (Phi) is 12.4.